The number of quaternary nitrogens is 1. The molecule has 2 aromatic carbocycles. The average molecular weight is 425 g/mol. The van der Waals surface area contributed by atoms with Crippen LogP contribution in [0.3, 0.4) is 0 Å². The summed E-state index contributed by atoms with van der Waals surface area (Å²) in [6.07, 6.45) is 2.86. The summed E-state index contributed by atoms with van der Waals surface area (Å²) in [5, 5.41) is 6.21. The van der Waals surface area contributed by atoms with Crippen molar-refractivity contribution in [3.63, 3.8) is 0 Å². The molecule has 2 amide bonds. The van der Waals surface area contributed by atoms with Crippen molar-refractivity contribution in [1.29, 1.82) is 0 Å². The number of benzene rings is 2. The van der Waals surface area contributed by atoms with E-state index in [2.05, 4.69) is 17.4 Å². The summed E-state index contributed by atoms with van der Waals surface area (Å²) in [4.78, 5) is 28.2. The van der Waals surface area contributed by atoms with Gasteiger partial charge in [-0.2, -0.15) is 0 Å². The fraction of sp³-hybridized carbons (Fsp3) is 0.417. The van der Waals surface area contributed by atoms with Gasteiger partial charge in [0, 0.05) is 31.2 Å². The van der Waals surface area contributed by atoms with Crippen LogP contribution in [-0.2, 0) is 20.7 Å². The van der Waals surface area contributed by atoms with E-state index in [0.29, 0.717) is 39.2 Å². The molecule has 1 aromatic heterocycles. The molecule has 1 saturated heterocycles. The Kier molecular flexibility index (Phi) is 6.84. The van der Waals surface area contributed by atoms with Crippen molar-refractivity contribution in [2.45, 2.75) is 12.8 Å². The number of methoxy groups -OCH3 is 1. The number of carbonyl (C=O) groups excluding carboxylic acids is 2. The lowest BCUT2D eigenvalue weighted by Crippen LogP contribution is -3.15. The number of carbonyl (C=O) groups is 2. The lowest BCUT2D eigenvalue weighted by molar-refractivity contribution is -0.896. The Morgan fingerprint density at radius 1 is 1.16 bits per heavy atom. The minimum absolute atomic E-state index is 0.0580. The minimum Gasteiger partial charge on any atom is -0.464 e. The third kappa shape index (κ3) is 5.06. The highest BCUT2D eigenvalue weighted by Crippen LogP contribution is 2.30. The van der Waals surface area contributed by atoms with E-state index in [1.165, 1.54) is 4.90 Å². The van der Waals surface area contributed by atoms with Crippen LogP contribution in [0, 0.1) is 0 Å². The Balaban J connectivity index is 1.32. The van der Waals surface area contributed by atoms with Gasteiger partial charge in [0.25, 0.3) is 5.91 Å². The number of hydrogen-bond acceptors (Lipinski definition) is 4. The predicted molar refractivity (Wildman–Crippen MR) is 119 cm³/mol. The molecular weight excluding hydrogens is 394 g/mol. The molecule has 0 spiro atoms. The van der Waals surface area contributed by atoms with Gasteiger partial charge in [-0.25, -0.2) is 0 Å². The lowest BCUT2D eigenvalue weighted by atomic mass is 10.0. The normalized spacial score (nSPS) is 14.9. The van der Waals surface area contributed by atoms with Crippen LogP contribution in [-0.4, -0.2) is 69.7 Å². The van der Waals surface area contributed by atoms with Gasteiger partial charge in [-0.05, 0) is 23.3 Å². The molecule has 4 rings (SSSR count). The number of hydrogen-bond donors (Lipinski definition) is 2. The maximum atomic E-state index is 13.0. The Hall–Kier alpha value is -2.90. The summed E-state index contributed by atoms with van der Waals surface area (Å²) in [6.45, 7) is 4.64. The first-order valence-electron chi connectivity index (χ1n) is 10.9. The van der Waals surface area contributed by atoms with E-state index >= 15 is 0 Å². The second-order valence-corrected chi connectivity index (χ2v) is 8.10. The SMILES string of the molecule is COCCCNC(=O)C[NH+]1CCN(C(=O)Cc2coc3ccc4ccccc4c23)CC1. The summed E-state index contributed by atoms with van der Waals surface area (Å²) in [5.41, 5.74) is 1.74. The van der Waals surface area contributed by atoms with E-state index in [-0.39, 0.29) is 11.8 Å². The molecule has 0 aliphatic carbocycles. The van der Waals surface area contributed by atoms with Gasteiger partial charge in [-0.1, -0.05) is 30.3 Å². The highest BCUT2D eigenvalue weighted by molar-refractivity contribution is 6.08. The Morgan fingerprint density at radius 3 is 2.77 bits per heavy atom. The number of furan rings is 1. The van der Waals surface area contributed by atoms with Crippen LogP contribution in [0.15, 0.2) is 47.1 Å². The van der Waals surface area contributed by atoms with Crippen molar-refractivity contribution < 1.29 is 23.6 Å². The molecule has 164 valence electrons. The van der Waals surface area contributed by atoms with Crippen molar-refractivity contribution in [2.75, 3.05) is 53.0 Å². The number of nitrogens with one attached hydrogen (secondary N) is 2. The first-order valence-corrected chi connectivity index (χ1v) is 10.9. The predicted octanol–water partition coefficient (Wildman–Crippen LogP) is 1.01. The van der Waals surface area contributed by atoms with Crippen LogP contribution in [0.2, 0.25) is 0 Å². The summed E-state index contributed by atoms with van der Waals surface area (Å²) < 4.78 is 10.7. The molecule has 0 saturated carbocycles. The molecule has 0 bridgehead atoms. The lowest BCUT2D eigenvalue weighted by Gasteiger charge is -2.32. The monoisotopic (exact) mass is 424 g/mol. The first kappa shape index (κ1) is 21.3. The number of amides is 2. The van der Waals surface area contributed by atoms with Gasteiger partial charge in [0.05, 0.1) is 38.9 Å². The minimum atomic E-state index is 0.0580. The summed E-state index contributed by atoms with van der Waals surface area (Å²) in [7, 11) is 1.66. The highest BCUT2D eigenvalue weighted by atomic mass is 16.5. The van der Waals surface area contributed by atoms with Crippen molar-refractivity contribution in [3.8, 4) is 0 Å². The van der Waals surface area contributed by atoms with Crippen LogP contribution in [0.25, 0.3) is 21.7 Å². The van der Waals surface area contributed by atoms with Crippen molar-refractivity contribution >= 4 is 33.6 Å². The fourth-order valence-electron chi connectivity index (χ4n) is 4.26. The number of fused-ring (bicyclic) bond motifs is 3. The zero-order valence-electron chi connectivity index (χ0n) is 18.0. The maximum Gasteiger partial charge on any atom is 0.275 e. The van der Waals surface area contributed by atoms with E-state index in [0.717, 1.165) is 46.8 Å². The maximum absolute atomic E-state index is 13.0. The van der Waals surface area contributed by atoms with E-state index in [1.807, 2.05) is 29.2 Å². The third-order valence-electron chi connectivity index (χ3n) is 5.96. The third-order valence-corrected chi connectivity index (χ3v) is 5.96. The molecule has 2 heterocycles. The molecule has 1 aliphatic rings. The average Bonchev–Trinajstić information content (AvgIpc) is 3.20. The summed E-state index contributed by atoms with van der Waals surface area (Å²) >= 11 is 0. The molecule has 7 nitrogen and oxygen atoms in total. The highest BCUT2D eigenvalue weighted by Gasteiger charge is 2.26. The zero-order chi connectivity index (χ0) is 21.6. The van der Waals surface area contributed by atoms with Crippen molar-refractivity contribution in [3.05, 3.63) is 48.2 Å². The van der Waals surface area contributed by atoms with Crippen molar-refractivity contribution in [2.24, 2.45) is 0 Å². The second kappa shape index (κ2) is 9.94. The van der Waals surface area contributed by atoms with Crippen molar-refractivity contribution in [1.82, 2.24) is 10.2 Å². The molecule has 0 radical (unpaired) electrons. The summed E-state index contributed by atoms with van der Waals surface area (Å²) in [6, 6.07) is 12.2. The van der Waals surface area contributed by atoms with Crippen LogP contribution in [0.4, 0.5) is 0 Å². The fourth-order valence-corrected chi connectivity index (χ4v) is 4.26. The van der Waals surface area contributed by atoms with Crippen LogP contribution in [0.1, 0.15) is 12.0 Å². The van der Waals surface area contributed by atoms with Gasteiger partial charge in [0.1, 0.15) is 5.58 Å². The van der Waals surface area contributed by atoms with Gasteiger partial charge in [0.2, 0.25) is 5.91 Å². The second-order valence-electron chi connectivity index (χ2n) is 8.10. The Morgan fingerprint density at radius 2 is 1.97 bits per heavy atom. The zero-order valence-corrected chi connectivity index (χ0v) is 18.0. The number of piperazine rings is 1. The van der Waals surface area contributed by atoms with E-state index < -0.39 is 0 Å². The van der Waals surface area contributed by atoms with Gasteiger partial charge < -0.3 is 24.3 Å². The number of rotatable bonds is 8. The number of ether oxygens (including phenoxy) is 1. The Bertz CT molecular complexity index is 1050. The molecular formula is C24H30N3O4+. The Labute approximate surface area is 181 Å². The number of nitrogens with zero attached hydrogens (tertiary/aromatic N) is 1. The van der Waals surface area contributed by atoms with Crippen LogP contribution >= 0.6 is 0 Å². The molecule has 3 aromatic rings. The summed E-state index contributed by atoms with van der Waals surface area (Å²) in [5.74, 6) is 0.168. The molecule has 0 atom stereocenters. The topological polar surface area (TPSA) is 76.2 Å². The molecule has 2 N–H and O–H groups in total. The largest absolute Gasteiger partial charge is 0.464 e. The quantitative estimate of drug-likeness (QED) is 0.529. The molecule has 1 aliphatic heterocycles. The first-order chi connectivity index (χ1) is 15.2. The van der Waals surface area contributed by atoms with E-state index in [9.17, 15) is 9.59 Å². The van der Waals surface area contributed by atoms with E-state index in [1.54, 1.807) is 13.4 Å². The molecule has 1 fully saturated rings. The van der Waals surface area contributed by atoms with Gasteiger partial charge >= 0.3 is 0 Å². The van der Waals surface area contributed by atoms with Gasteiger partial charge in [0.15, 0.2) is 6.54 Å². The molecule has 31 heavy (non-hydrogen) atoms. The van der Waals surface area contributed by atoms with Gasteiger partial charge in [-0.3, -0.25) is 9.59 Å². The van der Waals surface area contributed by atoms with Gasteiger partial charge in [-0.15, -0.1) is 0 Å². The standard InChI is InChI=1S/C24H29N3O4/c1-30-14-4-9-25-22(28)16-26-10-12-27(13-11-26)23(29)15-19-17-31-21-8-7-18-5-2-3-6-20(18)24(19)21/h2-3,5-8,17H,4,9-16H2,1H3,(H,25,28)/p+1. The van der Waals surface area contributed by atoms with Crippen LogP contribution in [0.5, 0.6) is 0 Å². The van der Waals surface area contributed by atoms with E-state index in [4.69, 9.17) is 9.15 Å². The smallest absolute Gasteiger partial charge is 0.275 e. The molecule has 0 unspecified atom stereocenters. The van der Waals surface area contributed by atoms with Crippen LogP contribution < -0.4 is 10.2 Å². The molecule has 7 heteroatoms.